The van der Waals surface area contributed by atoms with Gasteiger partial charge in [-0.3, -0.25) is 4.79 Å². The normalized spacial score (nSPS) is 12.9. The van der Waals surface area contributed by atoms with Crippen molar-refractivity contribution in [3.63, 3.8) is 0 Å². The van der Waals surface area contributed by atoms with E-state index < -0.39 is 0 Å². The lowest BCUT2D eigenvalue weighted by Gasteiger charge is -2.19. The van der Waals surface area contributed by atoms with E-state index in [0.717, 1.165) is 34.9 Å². The minimum atomic E-state index is 0.0983. The maximum atomic E-state index is 13.2. The van der Waals surface area contributed by atoms with Gasteiger partial charge in [0.2, 0.25) is 0 Å². The van der Waals surface area contributed by atoms with Crippen LogP contribution in [0, 0.1) is 0 Å². The molecule has 3 aromatic carbocycles. The molecule has 3 heteroatoms. The van der Waals surface area contributed by atoms with Gasteiger partial charge in [0.05, 0.1) is 5.56 Å². The first kappa shape index (κ1) is 16.0. The van der Waals surface area contributed by atoms with E-state index in [1.54, 1.807) is 11.8 Å². The number of hydrogen-bond donors (Lipinski definition) is 0. The van der Waals surface area contributed by atoms with Crippen LogP contribution in [-0.4, -0.2) is 12.5 Å². The zero-order valence-electron chi connectivity index (χ0n) is 13.9. The first-order valence-corrected chi connectivity index (χ1v) is 9.47. The number of carbonyl (C=O) groups is 1. The molecule has 0 radical (unpaired) electrons. The van der Waals surface area contributed by atoms with Crippen LogP contribution >= 0.6 is 11.8 Å². The average Bonchev–Trinajstić information content (AvgIpc) is 3.11. The summed E-state index contributed by atoms with van der Waals surface area (Å²) in [5.41, 5.74) is 4.36. The third-order valence-corrected chi connectivity index (χ3v) is 5.63. The van der Waals surface area contributed by atoms with Gasteiger partial charge in [0.25, 0.3) is 5.91 Å². The lowest BCUT2D eigenvalue weighted by atomic mass is 10.1. The molecular weight excluding hydrogens is 326 g/mol. The van der Waals surface area contributed by atoms with Gasteiger partial charge in [-0.2, -0.15) is 0 Å². The number of carbonyl (C=O) groups excluding carboxylic acids is 1. The number of amides is 1. The quantitative estimate of drug-likeness (QED) is 0.607. The number of benzene rings is 3. The fraction of sp³-hybridized carbons (Fsp3) is 0.136. The zero-order valence-corrected chi connectivity index (χ0v) is 14.7. The molecule has 25 heavy (non-hydrogen) atoms. The fourth-order valence-corrected chi connectivity index (χ4v) is 4.20. The number of rotatable bonds is 4. The van der Waals surface area contributed by atoms with Gasteiger partial charge < -0.3 is 4.90 Å². The summed E-state index contributed by atoms with van der Waals surface area (Å²) in [5, 5.41) is 0. The topological polar surface area (TPSA) is 20.3 Å². The third-order valence-electron chi connectivity index (χ3n) is 4.49. The van der Waals surface area contributed by atoms with Gasteiger partial charge in [-0.1, -0.05) is 60.7 Å². The van der Waals surface area contributed by atoms with E-state index in [1.807, 2.05) is 65.6 Å². The molecule has 0 fully saturated rings. The predicted molar refractivity (Wildman–Crippen MR) is 104 cm³/mol. The average molecular weight is 345 g/mol. The van der Waals surface area contributed by atoms with Crippen LogP contribution in [-0.2, 0) is 12.2 Å². The molecule has 124 valence electrons. The Morgan fingerprint density at radius 1 is 0.880 bits per heavy atom. The van der Waals surface area contributed by atoms with Crippen LogP contribution in [0.3, 0.4) is 0 Å². The first-order chi connectivity index (χ1) is 12.3. The Balaban J connectivity index is 1.58. The van der Waals surface area contributed by atoms with Crippen molar-refractivity contribution in [3.8, 4) is 0 Å². The van der Waals surface area contributed by atoms with E-state index in [2.05, 4.69) is 18.2 Å². The number of thioether (sulfide) groups is 1. The molecule has 0 saturated heterocycles. The van der Waals surface area contributed by atoms with Crippen LogP contribution in [0.5, 0.6) is 0 Å². The standard InChI is InChI=1S/C22H19NOS/c24-22(23-15-14-18-10-4-6-12-20(18)23)19-11-5-7-13-21(19)25-16-17-8-2-1-3-9-17/h1-13H,14-16H2. The first-order valence-electron chi connectivity index (χ1n) is 8.48. The number of fused-ring (bicyclic) bond motifs is 1. The molecule has 3 aromatic rings. The Morgan fingerprint density at radius 2 is 1.60 bits per heavy atom. The Hall–Kier alpha value is -2.52. The van der Waals surface area contributed by atoms with Gasteiger partial charge in [-0.15, -0.1) is 11.8 Å². The van der Waals surface area contributed by atoms with E-state index in [0.29, 0.717) is 0 Å². The van der Waals surface area contributed by atoms with E-state index >= 15 is 0 Å². The highest BCUT2D eigenvalue weighted by molar-refractivity contribution is 7.98. The summed E-state index contributed by atoms with van der Waals surface area (Å²) in [7, 11) is 0. The van der Waals surface area contributed by atoms with Gasteiger partial charge in [0, 0.05) is 22.9 Å². The van der Waals surface area contributed by atoms with Gasteiger partial charge >= 0.3 is 0 Å². The van der Waals surface area contributed by atoms with Gasteiger partial charge in [0.1, 0.15) is 0 Å². The summed E-state index contributed by atoms with van der Waals surface area (Å²) in [6.07, 6.45) is 0.932. The predicted octanol–water partition coefficient (Wildman–Crippen LogP) is 5.18. The van der Waals surface area contributed by atoms with Gasteiger partial charge in [-0.05, 0) is 35.7 Å². The molecule has 0 unspecified atom stereocenters. The number of anilines is 1. The van der Waals surface area contributed by atoms with E-state index in [-0.39, 0.29) is 5.91 Å². The highest BCUT2D eigenvalue weighted by Gasteiger charge is 2.26. The van der Waals surface area contributed by atoms with Crippen molar-refractivity contribution in [3.05, 3.63) is 95.6 Å². The van der Waals surface area contributed by atoms with Crippen molar-refractivity contribution in [2.45, 2.75) is 17.1 Å². The molecule has 1 aliphatic heterocycles. The van der Waals surface area contributed by atoms with Crippen LogP contribution in [0.15, 0.2) is 83.8 Å². The van der Waals surface area contributed by atoms with Gasteiger partial charge in [0.15, 0.2) is 0 Å². The molecule has 0 aliphatic carbocycles. The second-order valence-electron chi connectivity index (χ2n) is 6.11. The molecule has 0 aromatic heterocycles. The SMILES string of the molecule is O=C(c1ccccc1SCc1ccccc1)N1CCc2ccccc21. The molecule has 2 nitrogen and oxygen atoms in total. The molecule has 0 saturated carbocycles. The van der Waals surface area contributed by atoms with E-state index in [1.165, 1.54) is 11.1 Å². The highest BCUT2D eigenvalue weighted by atomic mass is 32.2. The summed E-state index contributed by atoms with van der Waals surface area (Å²) < 4.78 is 0. The highest BCUT2D eigenvalue weighted by Crippen LogP contribution is 2.32. The molecule has 0 N–H and O–H groups in total. The maximum absolute atomic E-state index is 13.2. The lowest BCUT2D eigenvalue weighted by Crippen LogP contribution is -2.29. The largest absolute Gasteiger partial charge is 0.308 e. The van der Waals surface area contributed by atoms with Crippen LogP contribution in [0.1, 0.15) is 21.5 Å². The minimum Gasteiger partial charge on any atom is -0.308 e. The zero-order chi connectivity index (χ0) is 17.1. The van der Waals surface area contributed by atoms with Crippen molar-refractivity contribution in [1.82, 2.24) is 0 Å². The summed E-state index contributed by atoms with van der Waals surface area (Å²) in [6.45, 7) is 0.760. The maximum Gasteiger partial charge on any atom is 0.259 e. The lowest BCUT2D eigenvalue weighted by molar-refractivity contribution is 0.0986. The van der Waals surface area contributed by atoms with Crippen molar-refractivity contribution < 1.29 is 4.79 Å². The smallest absolute Gasteiger partial charge is 0.259 e. The van der Waals surface area contributed by atoms with Crippen molar-refractivity contribution in [2.24, 2.45) is 0 Å². The molecule has 0 atom stereocenters. The number of hydrogen-bond acceptors (Lipinski definition) is 2. The summed E-state index contributed by atoms with van der Waals surface area (Å²) >= 11 is 1.72. The Kier molecular flexibility index (Phi) is 4.57. The Bertz CT molecular complexity index is 891. The monoisotopic (exact) mass is 345 g/mol. The molecule has 1 amide bonds. The minimum absolute atomic E-state index is 0.0983. The van der Waals surface area contributed by atoms with Crippen molar-refractivity contribution >= 4 is 23.4 Å². The van der Waals surface area contributed by atoms with Crippen LogP contribution < -0.4 is 4.90 Å². The van der Waals surface area contributed by atoms with Gasteiger partial charge in [-0.25, -0.2) is 0 Å². The van der Waals surface area contributed by atoms with Crippen LogP contribution in [0.4, 0.5) is 5.69 Å². The van der Waals surface area contributed by atoms with Crippen LogP contribution in [0.2, 0.25) is 0 Å². The fourth-order valence-electron chi connectivity index (χ4n) is 3.20. The number of nitrogens with zero attached hydrogens (tertiary/aromatic N) is 1. The Morgan fingerprint density at radius 3 is 2.48 bits per heavy atom. The summed E-state index contributed by atoms with van der Waals surface area (Å²) in [6, 6.07) is 26.5. The molecule has 0 bridgehead atoms. The second kappa shape index (κ2) is 7.16. The molecule has 1 aliphatic rings. The van der Waals surface area contributed by atoms with E-state index in [9.17, 15) is 4.79 Å². The van der Waals surface area contributed by atoms with Crippen molar-refractivity contribution in [1.29, 1.82) is 0 Å². The molecule has 0 spiro atoms. The molecule has 4 rings (SSSR count). The van der Waals surface area contributed by atoms with Crippen molar-refractivity contribution in [2.75, 3.05) is 11.4 Å². The summed E-state index contributed by atoms with van der Waals surface area (Å²) in [4.78, 5) is 16.1. The number of para-hydroxylation sites is 1. The molecular formula is C22H19NOS. The second-order valence-corrected chi connectivity index (χ2v) is 7.12. The van der Waals surface area contributed by atoms with Crippen LogP contribution in [0.25, 0.3) is 0 Å². The Labute approximate surface area is 152 Å². The summed E-state index contributed by atoms with van der Waals surface area (Å²) in [5.74, 6) is 0.961. The molecule has 1 heterocycles. The van der Waals surface area contributed by atoms with E-state index in [4.69, 9.17) is 0 Å². The third kappa shape index (κ3) is 3.33.